The third-order valence-electron chi connectivity index (χ3n) is 6.67. The second kappa shape index (κ2) is 4.91. The standard InChI is InChI=1S/C18H28N2/c1-20-4-2-3-18(20)16(11-19)10-17-14-6-12-5-13(8-14)9-15(17)7-12/h2-4,12-17H,5-11,19H2,1H3. The Balaban J connectivity index is 1.52. The molecule has 0 amide bonds. The molecular formula is C18H28N2. The molecule has 4 saturated carbocycles. The van der Waals surface area contributed by atoms with Crippen LogP contribution in [0.1, 0.15) is 50.1 Å². The number of aryl methyl sites for hydroxylation is 1. The summed E-state index contributed by atoms with van der Waals surface area (Å²) in [4.78, 5) is 0. The van der Waals surface area contributed by atoms with Gasteiger partial charge >= 0.3 is 0 Å². The van der Waals surface area contributed by atoms with Crippen LogP contribution in [0.5, 0.6) is 0 Å². The lowest BCUT2D eigenvalue weighted by molar-refractivity contribution is -0.0421. The van der Waals surface area contributed by atoms with Crippen LogP contribution in [0.4, 0.5) is 0 Å². The summed E-state index contributed by atoms with van der Waals surface area (Å²) in [6.07, 6.45) is 11.2. The smallest absolute Gasteiger partial charge is 0.0215 e. The van der Waals surface area contributed by atoms with Gasteiger partial charge in [-0.15, -0.1) is 0 Å². The van der Waals surface area contributed by atoms with E-state index in [-0.39, 0.29) is 0 Å². The number of nitrogens with two attached hydrogens (primary N) is 1. The fourth-order valence-corrected chi connectivity index (χ4v) is 5.99. The first-order valence-electron chi connectivity index (χ1n) is 8.56. The molecule has 0 aliphatic heterocycles. The highest BCUT2D eigenvalue weighted by Gasteiger charge is 2.48. The van der Waals surface area contributed by atoms with Gasteiger partial charge in [-0.25, -0.2) is 0 Å². The molecule has 4 aliphatic rings. The summed E-state index contributed by atoms with van der Waals surface area (Å²) >= 11 is 0. The Morgan fingerprint density at radius 3 is 2.30 bits per heavy atom. The molecule has 4 bridgehead atoms. The molecule has 0 spiro atoms. The van der Waals surface area contributed by atoms with Gasteiger partial charge in [0, 0.05) is 31.4 Å². The Hall–Kier alpha value is -0.760. The Kier molecular flexibility index (Phi) is 3.17. The molecule has 5 rings (SSSR count). The molecule has 0 radical (unpaired) electrons. The number of hydrogen-bond acceptors (Lipinski definition) is 1. The number of aromatic nitrogens is 1. The van der Waals surface area contributed by atoms with Crippen molar-refractivity contribution < 1.29 is 0 Å². The average Bonchev–Trinajstić information content (AvgIpc) is 2.84. The second-order valence-corrected chi connectivity index (χ2v) is 7.81. The lowest BCUT2D eigenvalue weighted by Gasteiger charge is -2.55. The zero-order chi connectivity index (χ0) is 13.7. The van der Waals surface area contributed by atoms with E-state index >= 15 is 0 Å². The lowest BCUT2D eigenvalue weighted by atomic mass is 9.50. The van der Waals surface area contributed by atoms with Gasteiger partial charge in [-0.05, 0) is 80.2 Å². The van der Waals surface area contributed by atoms with E-state index in [1.54, 1.807) is 6.42 Å². The van der Waals surface area contributed by atoms with Gasteiger partial charge in [0.05, 0.1) is 0 Å². The number of nitrogens with zero attached hydrogens (tertiary/aromatic N) is 1. The van der Waals surface area contributed by atoms with E-state index in [2.05, 4.69) is 29.9 Å². The van der Waals surface area contributed by atoms with Crippen molar-refractivity contribution in [1.29, 1.82) is 0 Å². The predicted molar refractivity (Wildman–Crippen MR) is 82.4 cm³/mol. The summed E-state index contributed by atoms with van der Waals surface area (Å²) < 4.78 is 2.27. The van der Waals surface area contributed by atoms with Gasteiger partial charge in [0.15, 0.2) is 0 Å². The second-order valence-electron chi connectivity index (χ2n) is 7.81. The van der Waals surface area contributed by atoms with E-state index in [0.29, 0.717) is 5.92 Å². The highest BCUT2D eigenvalue weighted by molar-refractivity contribution is 5.14. The molecule has 110 valence electrons. The minimum Gasteiger partial charge on any atom is -0.354 e. The quantitative estimate of drug-likeness (QED) is 0.893. The molecule has 0 aromatic carbocycles. The molecule has 1 aromatic heterocycles. The highest BCUT2D eigenvalue weighted by Crippen LogP contribution is 2.58. The summed E-state index contributed by atoms with van der Waals surface area (Å²) in [6.45, 7) is 0.806. The topological polar surface area (TPSA) is 30.9 Å². The molecule has 0 saturated heterocycles. The van der Waals surface area contributed by atoms with Crippen molar-refractivity contribution in [3.63, 3.8) is 0 Å². The van der Waals surface area contributed by atoms with E-state index in [9.17, 15) is 0 Å². The van der Waals surface area contributed by atoms with E-state index in [0.717, 1.165) is 36.1 Å². The summed E-state index contributed by atoms with van der Waals surface area (Å²) in [5.74, 6) is 5.75. The molecule has 1 aromatic rings. The largest absolute Gasteiger partial charge is 0.354 e. The van der Waals surface area contributed by atoms with E-state index in [1.807, 2.05) is 0 Å². The molecule has 4 fully saturated rings. The fraction of sp³-hybridized carbons (Fsp3) is 0.778. The van der Waals surface area contributed by atoms with E-state index in [4.69, 9.17) is 5.73 Å². The van der Waals surface area contributed by atoms with Crippen LogP contribution in [0.25, 0.3) is 0 Å². The van der Waals surface area contributed by atoms with E-state index < -0.39 is 0 Å². The van der Waals surface area contributed by atoms with Crippen molar-refractivity contribution >= 4 is 0 Å². The monoisotopic (exact) mass is 272 g/mol. The van der Waals surface area contributed by atoms with Gasteiger partial charge in [-0.3, -0.25) is 0 Å². The molecule has 20 heavy (non-hydrogen) atoms. The molecule has 1 heterocycles. The van der Waals surface area contributed by atoms with Gasteiger partial charge < -0.3 is 10.3 Å². The maximum absolute atomic E-state index is 6.12. The van der Waals surface area contributed by atoms with Gasteiger partial charge in [0.25, 0.3) is 0 Å². The number of rotatable bonds is 4. The summed E-state index contributed by atoms with van der Waals surface area (Å²) in [5.41, 5.74) is 7.57. The first kappa shape index (κ1) is 12.9. The third-order valence-corrected chi connectivity index (χ3v) is 6.67. The van der Waals surface area contributed by atoms with Crippen LogP contribution < -0.4 is 5.73 Å². The van der Waals surface area contributed by atoms with Gasteiger partial charge in [0.2, 0.25) is 0 Å². The van der Waals surface area contributed by atoms with E-state index in [1.165, 1.54) is 37.8 Å². The zero-order valence-electron chi connectivity index (χ0n) is 12.7. The van der Waals surface area contributed by atoms with Crippen LogP contribution in [0.15, 0.2) is 18.3 Å². The lowest BCUT2D eigenvalue weighted by Crippen LogP contribution is -2.45. The molecule has 4 aliphatic carbocycles. The highest BCUT2D eigenvalue weighted by atomic mass is 14.9. The fourth-order valence-electron chi connectivity index (χ4n) is 5.99. The molecular weight excluding hydrogens is 244 g/mol. The molecule has 1 unspecified atom stereocenters. The Labute approximate surface area is 122 Å². The van der Waals surface area contributed by atoms with Crippen LogP contribution in [0.2, 0.25) is 0 Å². The Morgan fingerprint density at radius 2 is 1.80 bits per heavy atom. The van der Waals surface area contributed by atoms with Gasteiger partial charge in [-0.2, -0.15) is 0 Å². The van der Waals surface area contributed by atoms with Crippen LogP contribution in [-0.4, -0.2) is 11.1 Å². The predicted octanol–water partition coefficient (Wildman–Crippen LogP) is 3.53. The van der Waals surface area contributed by atoms with Crippen molar-refractivity contribution in [2.45, 2.75) is 44.4 Å². The maximum atomic E-state index is 6.12. The van der Waals surface area contributed by atoms with Crippen molar-refractivity contribution in [1.82, 2.24) is 4.57 Å². The number of hydrogen-bond donors (Lipinski definition) is 1. The Morgan fingerprint density at radius 1 is 1.15 bits per heavy atom. The minimum absolute atomic E-state index is 0.567. The van der Waals surface area contributed by atoms with Crippen LogP contribution in [0.3, 0.4) is 0 Å². The average molecular weight is 272 g/mol. The normalized spacial score (nSPS) is 40.2. The Bertz CT molecular complexity index is 448. The van der Waals surface area contributed by atoms with Crippen molar-refractivity contribution in [3.8, 4) is 0 Å². The maximum Gasteiger partial charge on any atom is 0.0215 e. The van der Waals surface area contributed by atoms with Crippen molar-refractivity contribution in [3.05, 3.63) is 24.0 Å². The zero-order valence-corrected chi connectivity index (χ0v) is 12.7. The molecule has 2 nitrogen and oxygen atoms in total. The van der Waals surface area contributed by atoms with Gasteiger partial charge in [-0.1, -0.05) is 0 Å². The first-order valence-corrected chi connectivity index (χ1v) is 8.56. The van der Waals surface area contributed by atoms with Crippen LogP contribution in [-0.2, 0) is 7.05 Å². The SMILES string of the molecule is Cn1cccc1C(CN)CC1C2CC3CC(C2)CC1C3. The third kappa shape index (κ3) is 2.04. The van der Waals surface area contributed by atoms with Crippen molar-refractivity contribution in [2.24, 2.45) is 42.4 Å². The van der Waals surface area contributed by atoms with Gasteiger partial charge in [0.1, 0.15) is 0 Å². The summed E-state index contributed by atoms with van der Waals surface area (Å²) in [6, 6.07) is 4.43. The van der Waals surface area contributed by atoms with Crippen LogP contribution >= 0.6 is 0 Å². The minimum atomic E-state index is 0.567. The summed E-state index contributed by atoms with van der Waals surface area (Å²) in [7, 11) is 2.16. The first-order chi connectivity index (χ1) is 9.74. The molecule has 1 atom stereocenters. The van der Waals surface area contributed by atoms with Crippen LogP contribution in [0, 0.1) is 29.6 Å². The molecule has 2 heteroatoms. The van der Waals surface area contributed by atoms with Crippen molar-refractivity contribution in [2.75, 3.05) is 6.54 Å². The molecule has 2 N–H and O–H groups in total. The summed E-state index contributed by atoms with van der Waals surface area (Å²) in [5, 5.41) is 0.